The lowest BCUT2D eigenvalue weighted by molar-refractivity contribution is -0.127. The van der Waals surface area contributed by atoms with E-state index in [2.05, 4.69) is 32.5 Å². The lowest BCUT2D eigenvalue weighted by Crippen LogP contribution is -2.37. The van der Waals surface area contributed by atoms with Crippen molar-refractivity contribution in [1.29, 1.82) is 0 Å². The predicted octanol–water partition coefficient (Wildman–Crippen LogP) is 2.20. The first kappa shape index (κ1) is 16.5. The van der Waals surface area contributed by atoms with Crippen LogP contribution in [0, 0.1) is 5.41 Å². The Kier molecular flexibility index (Phi) is 4.51. The number of hydrogen-bond donors (Lipinski definition) is 1. The second-order valence-electron chi connectivity index (χ2n) is 6.90. The number of amides is 1. The van der Waals surface area contributed by atoms with Crippen LogP contribution in [0.2, 0.25) is 0 Å². The first-order valence-corrected chi connectivity index (χ1v) is 8.89. The van der Waals surface area contributed by atoms with Crippen molar-refractivity contribution in [2.45, 2.75) is 38.4 Å². The molecule has 1 amide bonds. The van der Waals surface area contributed by atoms with Crippen molar-refractivity contribution in [1.82, 2.24) is 29.6 Å². The van der Waals surface area contributed by atoms with Gasteiger partial charge in [-0.25, -0.2) is 9.97 Å². The lowest BCUT2D eigenvalue weighted by Gasteiger charge is -2.23. The van der Waals surface area contributed by atoms with Crippen LogP contribution in [0.3, 0.4) is 0 Å². The third-order valence-electron chi connectivity index (χ3n) is 5.00. The van der Waals surface area contributed by atoms with E-state index in [9.17, 15) is 4.79 Å². The van der Waals surface area contributed by atoms with E-state index in [1.807, 2.05) is 29.0 Å². The van der Waals surface area contributed by atoms with Gasteiger partial charge in [0.15, 0.2) is 0 Å². The fourth-order valence-electron chi connectivity index (χ4n) is 3.27. The molecular formula is C19H22N6O. The van der Waals surface area contributed by atoms with E-state index in [1.165, 1.54) is 6.33 Å². The van der Waals surface area contributed by atoms with Crippen molar-refractivity contribution in [2.75, 3.05) is 0 Å². The van der Waals surface area contributed by atoms with Crippen molar-refractivity contribution in [3.63, 3.8) is 0 Å². The summed E-state index contributed by atoms with van der Waals surface area (Å²) >= 11 is 0. The van der Waals surface area contributed by atoms with Crippen molar-refractivity contribution in [3.05, 3.63) is 67.3 Å². The van der Waals surface area contributed by atoms with Crippen molar-refractivity contribution < 1.29 is 4.79 Å². The minimum atomic E-state index is -0.305. The van der Waals surface area contributed by atoms with Gasteiger partial charge in [0.1, 0.15) is 12.7 Å². The molecule has 1 saturated carbocycles. The monoisotopic (exact) mass is 350 g/mol. The smallest absolute Gasteiger partial charge is 0.228 e. The second-order valence-corrected chi connectivity index (χ2v) is 6.90. The number of hydrogen-bond acceptors (Lipinski definition) is 4. The van der Waals surface area contributed by atoms with Gasteiger partial charge in [-0.05, 0) is 24.8 Å². The van der Waals surface area contributed by atoms with Crippen LogP contribution in [0.4, 0.5) is 0 Å². The normalized spacial score (nSPS) is 16.2. The van der Waals surface area contributed by atoms with Crippen molar-refractivity contribution in [3.8, 4) is 0 Å². The third kappa shape index (κ3) is 3.66. The topological polar surface area (TPSA) is 77.6 Å². The van der Waals surface area contributed by atoms with Crippen LogP contribution in [-0.4, -0.2) is 30.2 Å². The Morgan fingerprint density at radius 2 is 2.04 bits per heavy atom. The summed E-state index contributed by atoms with van der Waals surface area (Å²) in [4.78, 5) is 21.1. The standard InChI is InChI=1S/C19H22N6O/c26-18(19(7-8-19)12-24-11-9-20-14-24)23-17(16-4-2-1-3-5-16)6-10-25-15-21-13-22-25/h1-5,9,11,13-15,17H,6-8,10,12H2,(H,23,26)/t17-/m0/s1. The van der Waals surface area contributed by atoms with Gasteiger partial charge in [-0.2, -0.15) is 5.10 Å². The van der Waals surface area contributed by atoms with E-state index >= 15 is 0 Å². The zero-order valence-electron chi connectivity index (χ0n) is 14.5. The predicted molar refractivity (Wildman–Crippen MR) is 95.9 cm³/mol. The average molecular weight is 350 g/mol. The molecule has 0 saturated heterocycles. The molecule has 26 heavy (non-hydrogen) atoms. The molecule has 0 aliphatic heterocycles. The molecule has 3 aromatic rings. The first-order valence-electron chi connectivity index (χ1n) is 8.89. The Balaban J connectivity index is 1.46. The highest BCUT2D eigenvalue weighted by atomic mass is 16.2. The molecule has 1 aliphatic carbocycles. The van der Waals surface area contributed by atoms with Crippen molar-refractivity contribution in [2.24, 2.45) is 5.41 Å². The van der Waals surface area contributed by atoms with Crippen LogP contribution in [0.5, 0.6) is 0 Å². The minimum Gasteiger partial charge on any atom is -0.349 e. The maximum atomic E-state index is 13.0. The lowest BCUT2D eigenvalue weighted by atomic mass is 10.0. The van der Waals surface area contributed by atoms with E-state index < -0.39 is 0 Å². The van der Waals surface area contributed by atoms with Gasteiger partial charge in [-0.1, -0.05) is 30.3 Å². The average Bonchev–Trinajstić information content (AvgIpc) is 3.05. The fourth-order valence-corrected chi connectivity index (χ4v) is 3.27. The van der Waals surface area contributed by atoms with Crippen LogP contribution in [-0.2, 0) is 17.9 Å². The van der Waals surface area contributed by atoms with Gasteiger partial charge < -0.3 is 9.88 Å². The van der Waals surface area contributed by atoms with E-state index in [1.54, 1.807) is 23.5 Å². The van der Waals surface area contributed by atoms with E-state index in [-0.39, 0.29) is 17.4 Å². The largest absolute Gasteiger partial charge is 0.349 e. The molecule has 1 atom stereocenters. The van der Waals surface area contributed by atoms with Gasteiger partial charge in [0, 0.05) is 25.5 Å². The molecule has 1 N–H and O–H groups in total. The maximum absolute atomic E-state index is 13.0. The first-order chi connectivity index (χ1) is 12.8. The maximum Gasteiger partial charge on any atom is 0.228 e. The Hall–Kier alpha value is -2.96. The number of nitrogens with one attached hydrogen (secondary N) is 1. The van der Waals surface area contributed by atoms with Crippen LogP contribution >= 0.6 is 0 Å². The van der Waals surface area contributed by atoms with Gasteiger partial charge in [-0.3, -0.25) is 9.48 Å². The molecule has 7 nitrogen and oxygen atoms in total. The minimum absolute atomic E-state index is 0.0480. The van der Waals surface area contributed by atoms with Crippen LogP contribution in [0.25, 0.3) is 0 Å². The number of benzene rings is 1. The second kappa shape index (κ2) is 7.11. The summed E-state index contributed by atoms with van der Waals surface area (Å²) in [6.45, 7) is 1.39. The Labute approximate surface area is 152 Å². The fraction of sp³-hybridized carbons (Fsp3) is 0.368. The number of carbonyl (C=O) groups is 1. The Morgan fingerprint density at radius 1 is 1.19 bits per heavy atom. The number of aryl methyl sites for hydroxylation is 1. The molecule has 134 valence electrons. The summed E-state index contributed by atoms with van der Waals surface area (Å²) in [5.74, 6) is 0.124. The van der Waals surface area contributed by atoms with Gasteiger partial charge in [-0.15, -0.1) is 0 Å². The van der Waals surface area contributed by atoms with E-state index in [0.29, 0.717) is 13.1 Å². The zero-order valence-corrected chi connectivity index (χ0v) is 14.5. The molecule has 0 radical (unpaired) electrons. The van der Waals surface area contributed by atoms with Crippen LogP contribution < -0.4 is 5.32 Å². The molecule has 0 bridgehead atoms. The van der Waals surface area contributed by atoms with Gasteiger partial charge >= 0.3 is 0 Å². The Bertz CT molecular complexity index is 824. The highest BCUT2D eigenvalue weighted by Crippen LogP contribution is 2.47. The van der Waals surface area contributed by atoms with Crippen LogP contribution in [0.1, 0.15) is 30.9 Å². The molecule has 7 heteroatoms. The van der Waals surface area contributed by atoms with Crippen molar-refractivity contribution >= 4 is 5.91 Å². The summed E-state index contributed by atoms with van der Waals surface area (Å²) in [7, 11) is 0. The molecule has 1 fully saturated rings. The van der Waals surface area contributed by atoms with Gasteiger partial charge in [0.2, 0.25) is 5.91 Å². The molecule has 0 spiro atoms. The van der Waals surface area contributed by atoms with E-state index in [0.717, 1.165) is 24.8 Å². The summed E-state index contributed by atoms with van der Waals surface area (Å²) in [5.41, 5.74) is 0.806. The molecule has 2 aromatic heterocycles. The quantitative estimate of drug-likeness (QED) is 0.676. The number of imidazole rings is 1. The zero-order chi connectivity index (χ0) is 17.8. The highest BCUT2D eigenvalue weighted by Gasteiger charge is 2.50. The molecule has 1 aliphatic rings. The highest BCUT2D eigenvalue weighted by molar-refractivity contribution is 5.85. The number of nitrogens with zero attached hydrogens (tertiary/aromatic N) is 5. The molecular weight excluding hydrogens is 328 g/mol. The van der Waals surface area contributed by atoms with Crippen LogP contribution in [0.15, 0.2) is 61.7 Å². The molecule has 4 rings (SSSR count). The van der Waals surface area contributed by atoms with E-state index in [4.69, 9.17) is 0 Å². The summed E-state index contributed by atoms with van der Waals surface area (Å²) in [6.07, 6.45) is 11.3. The van der Waals surface area contributed by atoms with Gasteiger partial charge in [0.25, 0.3) is 0 Å². The molecule has 2 heterocycles. The number of aromatic nitrogens is 5. The summed E-state index contributed by atoms with van der Waals surface area (Å²) < 4.78 is 3.78. The third-order valence-corrected chi connectivity index (χ3v) is 5.00. The number of carbonyl (C=O) groups excluding carboxylic acids is 1. The SMILES string of the molecule is O=C(N[C@@H](CCn1cncn1)c1ccccc1)C1(Cn2ccnc2)CC1. The number of rotatable bonds is 8. The molecule has 1 aromatic carbocycles. The summed E-state index contributed by atoms with van der Waals surface area (Å²) in [5, 5.41) is 7.43. The Morgan fingerprint density at radius 3 is 2.69 bits per heavy atom. The summed E-state index contributed by atoms with van der Waals surface area (Å²) in [6, 6.07) is 10.1. The molecule has 0 unspecified atom stereocenters. The van der Waals surface area contributed by atoms with Gasteiger partial charge in [0.05, 0.1) is 17.8 Å².